The Morgan fingerprint density at radius 1 is 0.951 bits per heavy atom. The first-order chi connectivity index (χ1) is 19.5. The van der Waals surface area contributed by atoms with Crippen molar-refractivity contribution in [2.75, 3.05) is 5.75 Å². The highest BCUT2D eigenvalue weighted by Crippen LogP contribution is 2.34. The van der Waals surface area contributed by atoms with Gasteiger partial charge in [0.1, 0.15) is 12.1 Å². The quantitative estimate of drug-likeness (QED) is 0.219. The van der Waals surface area contributed by atoms with E-state index in [-0.39, 0.29) is 18.6 Å². The summed E-state index contributed by atoms with van der Waals surface area (Å²) >= 11 is 0. The van der Waals surface area contributed by atoms with Gasteiger partial charge in [-0.1, -0.05) is 75.3 Å². The third kappa shape index (κ3) is 10.7. The zero-order chi connectivity index (χ0) is 30.0. The standard InChI is InChI=1S/C32H48N2O6S/c1-4-11-29(35)30(36)27(19-24-14-9-6-10-15-24)33-32(38)28(20-25-16-17-25)34-31(37)26(21-41(39,40)22(2)3)18-23-12-7-5-8-13-23/h1,5,7-8,12-13,22,24-30,35-36H,6,9-11,14-21H2,2-3H3,(H,33,38)(H,34,37)/t26-,27+,28+,29+,30-/m1/s1. The molecular weight excluding hydrogens is 540 g/mol. The second-order valence-corrected chi connectivity index (χ2v) is 14.9. The average molecular weight is 589 g/mol. The van der Waals surface area contributed by atoms with Crippen LogP contribution in [0.25, 0.3) is 0 Å². The highest BCUT2D eigenvalue weighted by atomic mass is 32.2. The first kappa shape index (κ1) is 33.1. The van der Waals surface area contributed by atoms with Crippen LogP contribution in [0.15, 0.2) is 30.3 Å². The zero-order valence-corrected chi connectivity index (χ0v) is 25.3. The van der Waals surface area contributed by atoms with Gasteiger partial charge < -0.3 is 20.8 Å². The summed E-state index contributed by atoms with van der Waals surface area (Å²) in [4.78, 5) is 27.3. The van der Waals surface area contributed by atoms with Crippen LogP contribution in [-0.2, 0) is 25.8 Å². The number of sulfone groups is 1. The van der Waals surface area contributed by atoms with Gasteiger partial charge in [-0.05, 0) is 50.5 Å². The smallest absolute Gasteiger partial charge is 0.242 e. The van der Waals surface area contributed by atoms with E-state index in [1.165, 1.54) is 6.42 Å². The lowest BCUT2D eigenvalue weighted by atomic mass is 9.82. The van der Waals surface area contributed by atoms with Crippen LogP contribution < -0.4 is 10.6 Å². The molecule has 9 heteroatoms. The Balaban J connectivity index is 1.78. The van der Waals surface area contributed by atoms with Crippen LogP contribution >= 0.6 is 0 Å². The van der Waals surface area contributed by atoms with Crippen LogP contribution in [0.2, 0.25) is 0 Å². The van der Waals surface area contributed by atoms with Crippen LogP contribution in [0.1, 0.15) is 83.6 Å². The lowest BCUT2D eigenvalue weighted by Crippen LogP contribution is -2.56. The Bertz CT molecular complexity index is 1120. The lowest BCUT2D eigenvalue weighted by Gasteiger charge is -2.33. The molecule has 1 aromatic rings. The molecule has 2 fully saturated rings. The van der Waals surface area contributed by atoms with Crippen molar-refractivity contribution in [3.8, 4) is 12.3 Å². The van der Waals surface area contributed by atoms with Gasteiger partial charge in [0.05, 0.1) is 29.1 Å². The first-order valence-corrected chi connectivity index (χ1v) is 16.9. The van der Waals surface area contributed by atoms with Crippen molar-refractivity contribution < 1.29 is 28.2 Å². The number of nitrogens with one attached hydrogen (secondary N) is 2. The molecule has 0 aliphatic heterocycles. The fourth-order valence-electron chi connectivity index (χ4n) is 5.67. The van der Waals surface area contributed by atoms with E-state index < -0.39 is 57.1 Å². The number of benzene rings is 1. The SMILES string of the molecule is C#CC[C@H](O)[C@H](O)[C@H](CC1CCCCC1)NC(=O)[C@H](CC1CC1)NC(=O)[C@H](Cc1ccccc1)CS(=O)(=O)C(C)C. The topological polar surface area (TPSA) is 133 Å². The Hall–Kier alpha value is -2.41. The molecule has 0 radical (unpaired) electrons. The molecule has 2 aliphatic carbocycles. The van der Waals surface area contributed by atoms with E-state index in [2.05, 4.69) is 16.6 Å². The molecule has 2 aliphatic rings. The number of terminal acetylenes is 1. The fraction of sp³-hybridized carbons (Fsp3) is 0.688. The summed E-state index contributed by atoms with van der Waals surface area (Å²) < 4.78 is 25.7. The summed E-state index contributed by atoms with van der Waals surface area (Å²) in [5.74, 6) is 0.906. The third-order valence-electron chi connectivity index (χ3n) is 8.52. The molecule has 0 heterocycles. The Morgan fingerprint density at radius 2 is 1.59 bits per heavy atom. The minimum absolute atomic E-state index is 0.0358. The summed E-state index contributed by atoms with van der Waals surface area (Å²) in [7, 11) is -3.53. The zero-order valence-electron chi connectivity index (χ0n) is 24.5. The number of rotatable bonds is 16. The maximum Gasteiger partial charge on any atom is 0.242 e. The molecule has 0 bridgehead atoms. The molecule has 0 saturated heterocycles. The van der Waals surface area contributed by atoms with Gasteiger partial charge in [-0.3, -0.25) is 9.59 Å². The van der Waals surface area contributed by atoms with Crippen molar-refractivity contribution >= 4 is 21.7 Å². The normalized spacial score (nSPS) is 19.9. The average Bonchev–Trinajstić information content (AvgIpc) is 3.76. The van der Waals surface area contributed by atoms with Crippen molar-refractivity contribution in [2.45, 2.75) is 114 Å². The number of amides is 2. The highest BCUT2D eigenvalue weighted by molar-refractivity contribution is 7.92. The number of aliphatic hydroxyl groups is 2. The molecule has 0 spiro atoms. The van der Waals surface area contributed by atoms with Gasteiger partial charge in [0.2, 0.25) is 11.8 Å². The van der Waals surface area contributed by atoms with Crippen molar-refractivity contribution in [3.05, 3.63) is 35.9 Å². The van der Waals surface area contributed by atoms with Crippen LogP contribution in [0.3, 0.4) is 0 Å². The monoisotopic (exact) mass is 588 g/mol. The van der Waals surface area contributed by atoms with Crippen molar-refractivity contribution in [1.82, 2.24) is 10.6 Å². The molecule has 5 atom stereocenters. The summed E-state index contributed by atoms with van der Waals surface area (Å²) in [6.45, 7) is 3.20. The van der Waals surface area contributed by atoms with E-state index in [4.69, 9.17) is 6.42 Å². The number of aliphatic hydroxyl groups excluding tert-OH is 2. The lowest BCUT2D eigenvalue weighted by molar-refractivity contribution is -0.132. The van der Waals surface area contributed by atoms with Gasteiger partial charge in [-0.25, -0.2) is 8.42 Å². The van der Waals surface area contributed by atoms with Gasteiger partial charge in [0.15, 0.2) is 9.84 Å². The van der Waals surface area contributed by atoms with Gasteiger partial charge in [0, 0.05) is 6.42 Å². The largest absolute Gasteiger partial charge is 0.389 e. The van der Waals surface area contributed by atoms with Crippen LogP contribution in [0.4, 0.5) is 0 Å². The Labute approximate surface area is 246 Å². The van der Waals surface area contributed by atoms with Crippen molar-refractivity contribution in [1.29, 1.82) is 0 Å². The number of hydrogen-bond acceptors (Lipinski definition) is 6. The van der Waals surface area contributed by atoms with E-state index in [1.807, 2.05) is 30.3 Å². The maximum absolute atomic E-state index is 13.7. The third-order valence-corrected chi connectivity index (χ3v) is 10.8. The second kappa shape index (κ2) is 15.7. The van der Waals surface area contributed by atoms with E-state index >= 15 is 0 Å². The number of carbonyl (C=O) groups excluding carboxylic acids is 2. The molecule has 1 aromatic carbocycles. The van der Waals surface area contributed by atoms with Crippen LogP contribution in [-0.4, -0.2) is 65.7 Å². The minimum atomic E-state index is -3.53. The molecule has 0 unspecified atom stereocenters. The maximum atomic E-state index is 13.7. The molecule has 41 heavy (non-hydrogen) atoms. The summed E-state index contributed by atoms with van der Waals surface area (Å²) in [6, 6.07) is 7.67. The Morgan fingerprint density at radius 3 is 2.17 bits per heavy atom. The molecule has 0 aromatic heterocycles. The van der Waals surface area contributed by atoms with E-state index in [0.717, 1.165) is 44.1 Å². The fourth-order valence-corrected chi connectivity index (χ4v) is 6.88. The first-order valence-electron chi connectivity index (χ1n) is 15.2. The molecule has 3 rings (SSSR count). The predicted molar refractivity (Wildman–Crippen MR) is 160 cm³/mol. The van der Waals surface area contributed by atoms with Gasteiger partial charge in [-0.15, -0.1) is 12.3 Å². The van der Waals surface area contributed by atoms with E-state index in [1.54, 1.807) is 13.8 Å². The van der Waals surface area contributed by atoms with Crippen molar-refractivity contribution in [3.63, 3.8) is 0 Å². The highest BCUT2D eigenvalue weighted by Gasteiger charge is 2.37. The van der Waals surface area contributed by atoms with Crippen molar-refractivity contribution in [2.24, 2.45) is 17.8 Å². The predicted octanol–water partition coefficient (Wildman–Crippen LogP) is 3.15. The Kier molecular flexibility index (Phi) is 12.7. The van der Waals surface area contributed by atoms with Gasteiger partial charge in [0.25, 0.3) is 0 Å². The summed E-state index contributed by atoms with van der Waals surface area (Å²) in [6.07, 6.45) is 11.4. The number of carbonyl (C=O) groups is 2. The molecule has 4 N–H and O–H groups in total. The summed E-state index contributed by atoms with van der Waals surface area (Å²) in [5.41, 5.74) is 0.841. The van der Waals surface area contributed by atoms with Crippen LogP contribution in [0.5, 0.6) is 0 Å². The van der Waals surface area contributed by atoms with Gasteiger partial charge in [-0.2, -0.15) is 0 Å². The molecule has 2 saturated carbocycles. The molecule has 8 nitrogen and oxygen atoms in total. The van der Waals surface area contributed by atoms with Gasteiger partial charge >= 0.3 is 0 Å². The molecule has 2 amide bonds. The minimum Gasteiger partial charge on any atom is -0.389 e. The van der Waals surface area contributed by atoms with Crippen LogP contribution in [0, 0.1) is 30.1 Å². The molecule has 228 valence electrons. The van der Waals surface area contributed by atoms with E-state index in [0.29, 0.717) is 24.7 Å². The second-order valence-electron chi connectivity index (χ2n) is 12.3. The molecular formula is C32H48N2O6S. The summed E-state index contributed by atoms with van der Waals surface area (Å²) in [5, 5.41) is 26.6. The number of hydrogen-bond donors (Lipinski definition) is 4. The van der Waals surface area contributed by atoms with E-state index in [9.17, 15) is 28.2 Å².